The third kappa shape index (κ3) is 6.59. The zero-order chi connectivity index (χ0) is 22.4. The van der Waals surface area contributed by atoms with Crippen LogP contribution in [0.25, 0.3) is 0 Å². The van der Waals surface area contributed by atoms with Gasteiger partial charge < -0.3 is 10.1 Å². The zero-order valence-corrected chi connectivity index (χ0v) is 19.6. The van der Waals surface area contributed by atoms with Crippen molar-refractivity contribution < 1.29 is 14.3 Å². The van der Waals surface area contributed by atoms with Gasteiger partial charge in [-0.1, -0.05) is 32.9 Å². The van der Waals surface area contributed by atoms with Gasteiger partial charge in [0.05, 0.1) is 36.6 Å². The number of para-hydroxylation sites is 1. The lowest BCUT2D eigenvalue weighted by atomic mass is 9.93. The van der Waals surface area contributed by atoms with Crippen LogP contribution in [-0.2, 0) is 21.5 Å². The number of rotatable bonds is 7. The third-order valence-corrected chi connectivity index (χ3v) is 6.04. The Bertz CT molecular complexity index is 898. The Kier molecular flexibility index (Phi) is 7.80. The maximum atomic E-state index is 12.6. The van der Waals surface area contributed by atoms with Gasteiger partial charge in [-0.15, -0.1) is 11.3 Å². The molecule has 0 spiro atoms. The molecule has 1 aromatic heterocycles. The van der Waals surface area contributed by atoms with Crippen molar-refractivity contribution >= 4 is 28.9 Å². The fraction of sp³-hybridized carbons (Fsp3) is 0.522. The maximum Gasteiger partial charge on any atom is 0.340 e. The second kappa shape index (κ2) is 10.3. The van der Waals surface area contributed by atoms with E-state index in [1.165, 1.54) is 0 Å². The number of hydrogen-bond acceptors (Lipinski definition) is 7. The van der Waals surface area contributed by atoms with Crippen molar-refractivity contribution in [3.63, 3.8) is 0 Å². The van der Waals surface area contributed by atoms with Gasteiger partial charge in [-0.05, 0) is 19.1 Å². The number of aromatic nitrogens is 1. The monoisotopic (exact) mass is 444 g/mol. The van der Waals surface area contributed by atoms with Gasteiger partial charge in [0.25, 0.3) is 0 Å². The first-order valence-corrected chi connectivity index (χ1v) is 11.6. The van der Waals surface area contributed by atoms with Gasteiger partial charge >= 0.3 is 5.97 Å². The molecule has 0 unspecified atom stereocenters. The second-order valence-electron chi connectivity index (χ2n) is 8.74. The van der Waals surface area contributed by atoms with Gasteiger partial charge in [-0.25, -0.2) is 9.78 Å². The van der Waals surface area contributed by atoms with E-state index in [9.17, 15) is 9.59 Å². The Morgan fingerprint density at radius 3 is 2.45 bits per heavy atom. The molecule has 3 rings (SSSR count). The highest BCUT2D eigenvalue weighted by molar-refractivity contribution is 7.09. The molecule has 0 atom stereocenters. The predicted octanol–water partition coefficient (Wildman–Crippen LogP) is 3.37. The van der Waals surface area contributed by atoms with Crippen molar-refractivity contribution in [3.05, 3.63) is 45.9 Å². The number of thiazole rings is 1. The number of anilines is 1. The van der Waals surface area contributed by atoms with Crippen molar-refractivity contribution in [1.29, 1.82) is 0 Å². The van der Waals surface area contributed by atoms with Gasteiger partial charge in [0.1, 0.15) is 5.01 Å². The SMILES string of the molecule is CCOC(=O)c1ccccc1NC(=O)CN1CCN(Cc2nc(C(C)(C)C)cs2)CC1. The molecule has 0 radical (unpaired) electrons. The lowest BCUT2D eigenvalue weighted by Gasteiger charge is -2.33. The summed E-state index contributed by atoms with van der Waals surface area (Å²) < 4.78 is 5.07. The molecule has 8 heteroatoms. The lowest BCUT2D eigenvalue weighted by molar-refractivity contribution is -0.117. The number of piperazine rings is 1. The molecule has 1 fully saturated rings. The number of hydrogen-bond donors (Lipinski definition) is 1. The molecular weight excluding hydrogens is 412 g/mol. The number of ether oxygens (including phenoxy) is 1. The van der Waals surface area contributed by atoms with E-state index < -0.39 is 5.97 Å². The average Bonchev–Trinajstić information content (AvgIpc) is 3.19. The van der Waals surface area contributed by atoms with Crippen molar-refractivity contribution in [3.8, 4) is 0 Å². The first-order valence-electron chi connectivity index (χ1n) is 10.7. The van der Waals surface area contributed by atoms with Gasteiger partial charge in [-0.2, -0.15) is 0 Å². The number of nitrogens with zero attached hydrogens (tertiary/aromatic N) is 3. The summed E-state index contributed by atoms with van der Waals surface area (Å²) in [5.74, 6) is -0.552. The van der Waals surface area contributed by atoms with Crippen molar-refractivity contribution in [2.75, 3.05) is 44.6 Å². The van der Waals surface area contributed by atoms with E-state index in [0.717, 1.165) is 43.4 Å². The Morgan fingerprint density at radius 1 is 1.13 bits per heavy atom. The molecule has 168 valence electrons. The van der Waals surface area contributed by atoms with E-state index in [2.05, 4.69) is 41.3 Å². The van der Waals surface area contributed by atoms with Crippen LogP contribution in [0.4, 0.5) is 5.69 Å². The minimum absolute atomic E-state index is 0.0761. The summed E-state index contributed by atoms with van der Waals surface area (Å²) >= 11 is 1.72. The molecule has 1 aliphatic heterocycles. The zero-order valence-electron chi connectivity index (χ0n) is 18.8. The lowest BCUT2D eigenvalue weighted by Crippen LogP contribution is -2.48. The number of esters is 1. The molecular formula is C23H32N4O3S. The largest absolute Gasteiger partial charge is 0.462 e. The van der Waals surface area contributed by atoms with Crippen molar-refractivity contribution in [1.82, 2.24) is 14.8 Å². The molecule has 1 N–H and O–H groups in total. The Labute approximate surface area is 188 Å². The Hall–Kier alpha value is -2.29. The summed E-state index contributed by atoms with van der Waals surface area (Å²) in [6, 6.07) is 6.94. The van der Waals surface area contributed by atoms with Crippen LogP contribution in [0.1, 0.15) is 48.8 Å². The fourth-order valence-corrected chi connectivity index (χ4v) is 4.46. The number of amides is 1. The van der Waals surface area contributed by atoms with Crippen LogP contribution < -0.4 is 5.32 Å². The minimum Gasteiger partial charge on any atom is -0.462 e. The molecule has 0 bridgehead atoms. The topological polar surface area (TPSA) is 74.8 Å². The molecule has 1 aliphatic rings. The van der Waals surface area contributed by atoms with Gasteiger partial charge in [-0.3, -0.25) is 14.6 Å². The minimum atomic E-state index is -0.427. The smallest absolute Gasteiger partial charge is 0.340 e. The standard InChI is InChI=1S/C23H32N4O3S/c1-5-30-22(29)17-8-6-7-9-18(17)24-20(28)14-26-10-12-27(13-11-26)15-21-25-19(16-31-21)23(2,3)4/h6-9,16H,5,10-15H2,1-4H3,(H,24,28). The number of nitrogens with one attached hydrogen (secondary N) is 1. The highest BCUT2D eigenvalue weighted by atomic mass is 32.1. The summed E-state index contributed by atoms with van der Waals surface area (Å²) in [6.07, 6.45) is 0. The van der Waals surface area contributed by atoms with Crippen LogP contribution in [0.2, 0.25) is 0 Å². The van der Waals surface area contributed by atoms with Crippen LogP contribution in [0, 0.1) is 0 Å². The predicted molar refractivity (Wildman–Crippen MR) is 124 cm³/mol. The number of carbonyl (C=O) groups excluding carboxylic acids is 2. The summed E-state index contributed by atoms with van der Waals surface area (Å²) in [4.78, 5) is 34.0. The maximum absolute atomic E-state index is 12.6. The molecule has 2 aromatic rings. The summed E-state index contributed by atoms with van der Waals surface area (Å²) in [5, 5.41) is 6.16. The average molecular weight is 445 g/mol. The first kappa shape index (κ1) is 23.4. The molecule has 0 aliphatic carbocycles. The molecule has 1 amide bonds. The molecule has 7 nitrogen and oxygen atoms in total. The van der Waals surface area contributed by atoms with Crippen LogP contribution in [-0.4, -0.2) is 66.0 Å². The Morgan fingerprint density at radius 2 is 1.81 bits per heavy atom. The van der Waals surface area contributed by atoms with E-state index in [0.29, 0.717) is 24.4 Å². The number of carbonyl (C=O) groups is 2. The summed E-state index contributed by atoms with van der Waals surface area (Å²) in [5.41, 5.74) is 2.08. The van der Waals surface area contributed by atoms with Crippen LogP contribution in [0.3, 0.4) is 0 Å². The molecule has 0 saturated carbocycles. The highest BCUT2D eigenvalue weighted by Crippen LogP contribution is 2.24. The van der Waals surface area contributed by atoms with Crippen LogP contribution in [0.15, 0.2) is 29.6 Å². The van der Waals surface area contributed by atoms with E-state index in [4.69, 9.17) is 9.72 Å². The third-order valence-electron chi connectivity index (χ3n) is 5.21. The first-order chi connectivity index (χ1) is 14.8. The molecule has 31 heavy (non-hydrogen) atoms. The second-order valence-corrected chi connectivity index (χ2v) is 9.69. The van der Waals surface area contributed by atoms with E-state index in [1.54, 1.807) is 42.5 Å². The van der Waals surface area contributed by atoms with Crippen molar-refractivity contribution in [2.24, 2.45) is 0 Å². The fourth-order valence-electron chi connectivity index (χ4n) is 3.40. The highest BCUT2D eigenvalue weighted by Gasteiger charge is 2.22. The molecule has 1 aromatic carbocycles. The van der Waals surface area contributed by atoms with E-state index in [-0.39, 0.29) is 11.3 Å². The summed E-state index contributed by atoms with van der Waals surface area (Å²) in [6.45, 7) is 13.2. The van der Waals surface area contributed by atoms with E-state index in [1.807, 2.05) is 0 Å². The molecule has 1 saturated heterocycles. The van der Waals surface area contributed by atoms with E-state index >= 15 is 0 Å². The van der Waals surface area contributed by atoms with Gasteiger partial charge in [0.15, 0.2) is 0 Å². The molecule has 2 heterocycles. The number of benzene rings is 1. The van der Waals surface area contributed by atoms with Gasteiger partial charge in [0.2, 0.25) is 5.91 Å². The van der Waals surface area contributed by atoms with Crippen molar-refractivity contribution in [2.45, 2.75) is 39.7 Å². The normalized spacial score (nSPS) is 15.6. The van der Waals surface area contributed by atoms with Gasteiger partial charge in [0, 0.05) is 37.0 Å². The summed E-state index contributed by atoms with van der Waals surface area (Å²) in [7, 11) is 0. The quantitative estimate of drug-likeness (QED) is 0.660. The van der Waals surface area contributed by atoms with Crippen LogP contribution in [0.5, 0.6) is 0 Å². The van der Waals surface area contributed by atoms with Crippen LogP contribution >= 0.6 is 11.3 Å². The Balaban J connectivity index is 1.47.